The number of esters is 1. The molecule has 11 nitrogen and oxygen atoms in total. The number of H-pyrrole nitrogens is 1. The van der Waals surface area contributed by atoms with Crippen LogP contribution in [-0.2, 0) is 16.0 Å². The van der Waals surface area contributed by atoms with Gasteiger partial charge in [0.05, 0.1) is 41.8 Å². The Bertz CT molecular complexity index is 1280. The lowest BCUT2D eigenvalue weighted by Crippen LogP contribution is -2.52. The van der Waals surface area contributed by atoms with Crippen LogP contribution in [0, 0.1) is 6.92 Å². The Hall–Kier alpha value is -2.55. The van der Waals surface area contributed by atoms with Gasteiger partial charge in [0.15, 0.2) is 11.0 Å². The zero-order valence-electron chi connectivity index (χ0n) is 20.4. The van der Waals surface area contributed by atoms with E-state index in [0.717, 1.165) is 11.3 Å². The van der Waals surface area contributed by atoms with Gasteiger partial charge in [-0.3, -0.25) is 4.79 Å². The van der Waals surface area contributed by atoms with Crippen LogP contribution >= 0.6 is 38.9 Å². The molecule has 1 saturated heterocycles. The summed E-state index contributed by atoms with van der Waals surface area (Å²) < 4.78 is 27.6. The number of methoxy groups -OCH3 is 1. The molecule has 4 rings (SSSR count). The molecule has 2 atom stereocenters. The van der Waals surface area contributed by atoms with E-state index in [2.05, 4.69) is 41.3 Å². The molecule has 1 fully saturated rings. The van der Waals surface area contributed by atoms with Crippen molar-refractivity contribution in [1.82, 2.24) is 30.0 Å². The van der Waals surface area contributed by atoms with Crippen LogP contribution in [0.2, 0.25) is 5.02 Å². The number of carbonyl (C=O) groups excluding carboxylic acids is 2. The molecule has 1 aliphatic heterocycles. The van der Waals surface area contributed by atoms with Crippen molar-refractivity contribution in [2.24, 2.45) is 0 Å². The van der Waals surface area contributed by atoms with Crippen LogP contribution in [0.1, 0.15) is 39.2 Å². The van der Waals surface area contributed by atoms with E-state index in [9.17, 15) is 9.59 Å². The summed E-state index contributed by atoms with van der Waals surface area (Å²) in [7, 11) is 1.58. The number of amides is 1. The van der Waals surface area contributed by atoms with Crippen LogP contribution in [0.4, 0.5) is 9.52 Å². The maximum atomic E-state index is 15.2. The van der Waals surface area contributed by atoms with Gasteiger partial charge in [-0.2, -0.15) is 5.10 Å². The Labute approximate surface area is 229 Å². The number of rotatable bonds is 9. The summed E-state index contributed by atoms with van der Waals surface area (Å²) in [6.07, 6.45) is 0.347. The molecule has 0 spiro atoms. The molecule has 1 aliphatic rings. The lowest BCUT2D eigenvalue weighted by Gasteiger charge is -2.34. The van der Waals surface area contributed by atoms with Gasteiger partial charge in [-0.25, -0.2) is 23.8 Å². The van der Waals surface area contributed by atoms with E-state index in [1.54, 1.807) is 30.5 Å². The van der Waals surface area contributed by atoms with Crippen LogP contribution < -0.4 is 10.2 Å². The first-order valence-corrected chi connectivity index (χ1v) is 13.5. The fourth-order valence-corrected chi connectivity index (χ4v) is 5.64. The molecular formula is C22H26BrClFN7O4S. The second-order valence-corrected chi connectivity index (χ2v) is 10.4. The smallest absolute Gasteiger partial charge is 0.350 e. The molecule has 3 aromatic heterocycles. The van der Waals surface area contributed by atoms with Gasteiger partial charge in [-0.1, -0.05) is 22.9 Å². The molecule has 0 saturated carbocycles. The molecule has 0 unspecified atom stereocenters. The molecular weight excluding hydrogens is 593 g/mol. The van der Waals surface area contributed by atoms with Gasteiger partial charge in [0.25, 0.3) is 5.91 Å². The zero-order chi connectivity index (χ0) is 26.7. The minimum Gasteiger partial charge on any atom is -0.462 e. The molecule has 2 N–H and O–H groups in total. The first kappa shape index (κ1) is 27.5. The summed E-state index contributed by atoms with van der Waals surface area (Å²) >= 11 is 10.5. The number of piperidine rings is 1. The fraction of sp³-hybridized carbons (Fsp3) is 0.500. The lowest BCUT2D eigenvalue weighted by molar-refractivity contribution is 0.0532. The Morgan fingerprint density at radius 2 is 2.22 bits per heavy atom. The van der Waals surface area contributed by atoms with Gasteiger partial charge in [-0.05, 0) is 36.2 Å². The summed E-state index contributed by atoms with van der Waals surface area (Å²) in [6, 6.07) is -0.695. The molecule has 1 amide bonds. The van der Waals surface area contributed by atoms with E-state index >= 15 is 4.39 Å². The minimum atomic E-state index is -1.37. The number of halogens is 3. The average Bonchev–Trinajstić information content (AvgIpc) is 3.58. The average molecular weight is 619 g/mol. The number of aromatic amines is 1. The highest BCUT2D eigenvalue weighted by Crippen LogP contribution is 2.35. The van der Waals surface area contributed by atoms with Crippen LogP contribution in [0.5, 0.6) is 0 Å². The van der Waals surface area contributed by atoms with E-state index in [4.69, 9.17) is 21.1 Å². The summed E-state index contributed by atoms with van der Waals surface area (Å²) in [5.74, 6) is -0.585. The molecule has 37 heavy (non-hydrogen) atoms. The number of nitrogens with one attached hydrogen (secondary N) is 2. The Morgan fingerprint density at radius 3 is 2.86 bits per heavy atom. The third-order valence-electron chi connectivity index (χ3n) is 5.82. The topological polar surface area (TPSA) is 127 Å². The maximum absolute atomic E-state index is 15.2. The van der Waals surface area contributed by atoms with Gasteiger partial charge in [-0.15, -0.1) is 0 Å². The largest absolute Gasteiger partial charge is 0.462 e. The number of alkyl halides is 1. The minimum absolute atomic E-state index is 0.0117. The highest BCUT2D eigenvalue weighted by molar-refractivity contribution is 9.10. The zero-order valence-corrected chi connectivity index (χ0v) is 23.5. The number of carbonyl (C=O) groups is 2. The molecule has 4 heterocycles. The first-order valence-electron chi connectivity index (χ1n) is 11.5. The first-order chi connectivity index (χ1) is 17.7. The molecule has 200 valence electrons. The third kappa shape index (κ3) is 5.81. The number of hydrogen-bond acceptors (Lipinski definition) is 9. The van der Waals surface area contributed by atoms with Crippen molar-refractivity contribution < 1.29 is 23.5 Å². The predicted octanol–water partition coefficient (Wildman–Crippen LogP) is 3.62. The summed E-state index contributed by atoms with van der Waals surface area (Å²) in [4.78, 5) is 39.3. The molecule has 0 bridgehead atoms. The number of aromatic nitrogens is 5. The van der Waals surface area contributed by atoms with Crippen molar-refractivity contribution in [3.05, 3.63) is 32.1 Å². The van der Waals surface area contributed by atoms with Crippen molar-refractivity contribution in [1.29, 1.82) is 0 Å². The second-order valence-electron chi connectivity index (χ2n) is 8.28. The van der Waals surface area contributed by atoms with Gasteiger partial charge in [0, 0.05) is 19.3 Å². The Balaban J connectivity index is 1.52. The molecule has 0 aliphatic carbocycles. The van der Waals surface area contributed by atoms with Crippen molar-refractivity contribution in [2.45, 2.75) is 39.0 Å². The van der Waals surface area contributed by atoms with Crippen LogP contribution in [0.25, 0.3) is 11.5 Å². The Morgan fingerprint density at radius 1 is 1.43 bits per heavy atom. The maximum Gasteiger partial charge on any atom is 0.350 e. The van der Waals surface area contributed by atoms with Gasteiger partial charge < -0.3 is 24.7 Å². The van der Waals surface area contributed by atoms with Crippen molar-refractivity contribution in [3.8, 4) is 11.5 Å². The van der Waals surface area contributed by atoms with Crippen LogP contribution in [0.3, 0.4) is 0 Å². The van der Waals surface area contributed by atoms with Crippen molar-refractivity contribution in [3.63, 3.8) is 0 Å². The molecule has 3 aromatic rings. The molecule has 0 aromatic carbocycles. The number of anilines is 1. The van der Waals surface area contributed by atoms with Crippen LogP contribution in [0.15, 0.2) is 10.8 Å². The molecule has 15 heteroatoms. The quantitative estimate of drug-likeness (QED) is 0.348. The highest BCUT2D eigenvalue weighted by atomic mass is 79.9. The standard InChI is InChI=1S/C22H26BrClFN7O4S/c1-4-36-21(34)18-17(19-26-10-27-32(19)7-8-35-3)30-22(37-18)31-6-5-13(12(25)9-31)29-20(33)16-14(23)15(24)11(2)28-16/h10,12-13,28H,4-9H2,1-3H3,(H,29,33)/t12-,13+/m0/s1. The van der Waals surface area contributed by atoms with Gasteiger partial charge >= 0.3 is 5.97 Å². The van der Waals surface area contributed by atoms with Crippen molar-refractivity contribution in [2.75, 3.05) is 38.3 Å². The Kier molecular flexibility index (Phi) is 8.82. The van der Waals surface area contributed by atoms with Gasteiger partial charge in [0.2, 0.25) is 0 Å². The van der Waals surface area contributed by atoms with Gasteiger partial charge in [0.1, 0.15) is 28.8 Å². The van der Waals surface area contributed by atoms with Crippen LogP contribution in [-0.4, -0.2) is 82.2 Å². The lowest BCUT2D eigenvalue weighted by atomic mass is 10.0. The molecule has 0 radical (unpaired) electrons. The fourth-order valence-electron chi connectivity index (χ4n) is 3.93. The number of nitrogens with zero attached hydrogens (tertiary/aromatic N) is 5. The third-order valence-corrected chi connectivity index (χ3v) is 8.41. The number of hydrogen-bond donors (Lipinski definition) is 2. The normalized spacial score (nSPS) is 17.7. The van der Waals surface area contributed by atoms with Crippen molar-refractivity contribution >= 4 is 55.9 Å². The SMILES string of the molecule is CCOC(=O)c1sc(N2CC[C@@H](NC(=O)c3[nH]c(C)c(Cl)c3Br)[C@@H](F)C2)nc1-c1ncnn1CCOC. The number of thiazole rings is 1. The monoisotopic (exact) mass is 617 g/mol. The van der Waals surface area contributed by atoms with E-state index in [0.29, 0.717) is 58.0 Å². The predicted molar refractivity (Wildman–Crippen MR) is 140 cm³/mol. The van der Waals surface area contributed by atoms with E-state index in [-0.39, 0.29) is 23.7 Å². The number of ether oxygens (including phenoxy) is 2. The second kappa shape index (κ2) is 11.9. The summed E-state index contributed by atoms with van der Waals surface area (Å²) in [5.41, 5.74) is 1.21. The van der Waals surface area contributed by atoms with E-state index in [1.165, 1.54) is 6.33 Å². The van der Waals surface area contributed by atoms with E-state index in [1.807, 2.05) is 0 Å². The summed E-state index contributed by atoms with van der Waals surface area (Å²) in [5, 5.41) is 7.82. The van der Waals surface area contributed by atoms with E-state index < -0.39 is 24.1 Å². The highest BCUT2D eigenvalue weighted by Gasteiger charge is 2.34. The summed E-state index contributed by atoms with van der Waals surface area (Å²) in [6.45, 7) is 4.88. The number of aryl methyl sites for hydroxylation is 1.